The highest BCUT2D eigenvalue weighted by atomic mass is 32.2. The van der Waals surface area contributed by atoms with Crippen molar-refractivity contribution in [2.75, 3.05) is 23.9 Å². The maximum Gasteiger partial charge on any atom is 0.0998 e. The molecule has 0 radical (unpaired) electrons. The van der Waals surface area contributed by atoms with Crippen LogP contribution in [0.1, 0.15) is 12.5 Å². The third kappa shape index (κ3) is 3.21. The fourth-order valence-electron chi connectivity index (χ4n) is 2.18. The molecule has 1 atom stereocenters. The topological polar surface area (TPSA) is 35.8 Å². The molecule has 2 rings (SSSR count). The molecule has 0 saturated carbocycles. The number of fused-ring (bicyclic) bond motifs is 1. The first-order chi connectivity index (χ1) is 9.26. The average molecular weight is 270 g/mol. The molecule has 0 amide bonds. The molecule has 0 aliphatic carbocycles. The molecule has 0 fully saturated rings. The van der Waals surface area contributed by atoms with Gasteiger partial charge in [-0.05, 0) is 30.1 Å². The highest BCUT2D eigenvalue weighted by Crippen LogP contribution is 2.26. The minimum atomic E-state index is 0.629. The van der Waals surface area contributed by atoms with Crippen molar-refractivity contribution in [2.24, 2.45) is 5.92 Å². The van der Waals surface area contributed by atoms with Gasteiger partial charge in [0.05, 0.1) is 11.6 Å². The van der Waals surface area contributed by atoms with Gasteiger partial charge in [0.1, 0.15) is 0 Å². The van der Waals surface area contributed by atoms with Crippen molar-refractivity contribution < 1.29 is 0 Å². The van der Waals surface area contributed by atoms with Crippen molar-refractivity contribution in [1.82, 2.24) is 0 Å². The molecular weight excluding hydrogens is 252 g/mol. The van der Waals surface area contributed by atoms with E-state index in [1.54, 1.807) is 0 Å². The monoisotopic (exact) mass is 270 g/mol. The van der Waals surface area contributed by atoms with Gasteiger partial charge in [-0.25, -0.2) is 0 Å². The van der Waals surface area contributed by atoms with E-state index in [9.17, 15) is 0 Å². The predicted molar refractivity (Wildman–Crippen MR) is 84.7 cm³/mol. The Labute approximate surface area is 118 Å². The quantitative estimate of drug-likeness (QED) is 0.887. The lowest BCUT2D eigenvalue weighted by molar-refractivity contribution is 0.702. The molecule has 0 aliphatic rings. The minimum absolute atomic E-state index is 0.629. The molecule has 1 N–H and O–H groups in total. The van der Waals surface area contributed by atoms with Gasteiger partial charge in [0.15, 0.2) is 0 Å². The number of thioether (sulfide) groups is 1. The van der Waals surface area contributed by atoms with Crippen molar-refractivity contribution in [3.63, 3.8) is 0 Å². The highest BCUT2D eigenvalue weighted by Gasteiger charge is 2.06. The number of rotatable bonds is 5. The first kappa shape index (κ1) is 13.8. The van der Waals surface area contributed by atoms with Crippen LogP contribution < -0.4 is 5.32 Å². The summed E-state index contributed by atoms with van der Waals surface area (Å²) in [6, 6.07) is 14.2. The molecule has 98 valence electrons. The van der Waals surface area contributed by atoms with Crippen LogP contribution in [0.5, 0.6) is 0 Å². The van der Waals surface area contributed by atoms with E-state index in [-0.39, 0.29) is 0 Å². The summed E-state index contributed by atoms with van der Waals surface area (Å²) in [6.07, 6.45) is 2.13. The molecule has 1 unspecified atom stereocenters. The summed E-state index contributed by atoms with van der Waals surface area (Å²) < 4.78 is 0. The number of hydrogen-bond donors (Lipinski definition) is 1. The summed E-state index contributed by atoms with van der Waals surface area (Å²) >= 11 is 1.87. The van der Waals surface area contributed by atoms with E-state index in [1.165, 1.54) is 0 Å². The number of hydrogen-bond acceptors (Lipinski definition) is 3. The predicted octanol–water partition coefficient (Wildman–Crippen LogP) is 4.12. The van der Waals surface area contributed by atoms with Crippen LogP contribution in [-0.2, 0) is 0 Å². The van der Waals surface area contributed by atoms with Crippen molar-refractivity contribution in [2.45, 2.75) is 6.92 Å². The second-order valence-electron chi connectivity index (χ2n) is 4.76. The van der Waals surface area contributed by atoms with Gasteiger partial charge in [0.25, 0.3) is 0 Å². The third-order valence-electron chi connectivity index (χ3n) is 3.14. The molecule has 0 spiro atoms. The number of nitrogens with one attached hydrogen (secondary N) is 1. The lowest BCUT2D eigenvalue weighted by Gasteiger charge is -2.14. The fraction of sp³-hybridized carbons (Fsp3) is 0.312. The van der Waals surface area contributed by atoms with Gasteiger partial charge in [0.2, 0.25) is 0 Å². The van der Waals surface area contributed by atoms with Crippen LogP contribution in [0.2, 0.25) is 0 Å². The van der Waals surface area contributed by atoms with Gasteiger partial charge < -0.3 is 5.32 Å². The standard InChI is InChI=1S/C16H18N2S/c1-12(11-19-2)10-18-16-8-7-13(9-17)14-5-3-4-6-15(14)16/h3-8,12,18H,10-11H2,1-2H3. The summed E-state index contributed by atoms with van der Waals surface area (Å²) in [5, 5.41) is 14.8. The summed E-state index contributed by atoms with van der Waals surface area (Å²) in [4.78, 5) is 0. The van der Waals surface area contributed by atoms with Crippen LogP contribution in [0.25, 0.3) is 10.8 Å². The number of anilines is 1. The van der Waals surface area contributed by atoms with Crippen LogP contribution in [0, 0.1) is 17.2 Å². The molecule has 0 heterocycles. The summed E-state index contributed by atoms with van der Waals surface area (Å²) in [7, 11) is 0. The molecule has 2 nitrogen and oxygen atoms in total. The van der Waals surface area contributed by atoms with E-state index in [4.69, 9.17) is 5.26 Å². The Bertz CT molecular complexity index is 601. The first-order valence-corrected chi connectivity index (χ1v) is 7.80. The summed E-state index contributed by atoms with van der Waals surface area (Å²) in [5.41, 5.74) is 1.85. The van der Waals surface area contributed by atoms with Crippen LogP contribution in [-0.4, -0.2) is 18.6 Å². The Kier molecular flexibility index (Phi) is 4.70. The van der Waals surface area contributed by atoms with E-state index < -0.39 is 0 Å². The van der Waals surface area contributed by atoms with Crippen molar-refractivity contribution in [3.05, 3.63) is 42.0 Å². The Hall–Kier alpha value is -1.66. The van der Waals surface area contributed by atoms with E-state index in [0.29, 0.717) is 5.92 Å². The molecule has 0 aliphatic heterocycles. The van der Waals surface area contributed by atoms with Gasteiger partial charge in [-0.2, -0.15) is 17.0 Å². The first-order valence-electron chi connectivity index (χ1n) is 6.41. The molecule has 3 heteroatoms. The van der Waals surface area contributed by atoms with Crippen molar-refractivity contribution in [3.8, 4) is 6.07 Å². The van der Waals surface area contributed by atoms with E-state index in [0.717, 1.165) is 34.3 Å². The van der Waals surface area contributed by atoms with Crippen molar-refractivity contribution >= 4 is 28.2 Å². The second-order valence-corrected chi connectivity index (χ2v) is 5.67. The van der Waals surface area contributed by atoms with E-state index in [1.807, 2.05) is 42.1 Å². The molecular formula is C16H18N2S. The van der Waals surface area contributed by atoms with Gasteiger partial charge in [-0.1, -0.05) is 31.2 Å². The molecule has 0 aromatic heterocycles. The molecule has 19 heavy (non-hydrogen) atoms. The average Bonchev–Trinajstić information content (AvgIpc) is 2.45. The zero-order valence-electron chi connectivity index (χ0n) is 11.3. The molecule has 0 saturated heterocycles. The Morgan fingerprint density at radius 2 is 1.95 bits per heavy atom. The molecule has 2 aromatic carbocycles. The minimum Gasteiger partial charge on any atom is -0.384 e. The highest BCUT2D eigenvalue weighted by molar-refractivity contribution is 7.98. The smallest absolute Gasteiger partial charge is 0.0998 e. The van der Waals surface area contributed by atoms with Crippen LogP contribution in [0.15, 0.2) is 36.4 Å². The zero-order chi connectivity index (χ0) is 13.7. The normalized spacial score (nSPS) is 12.1. The number of nitriles is 1. The SMILES string of the molecule is CSCC(C)CNc1ccc(C#N)c2ccccc12. The van der Waals surface area contributed by atoms with E-state index >= 15 is 0 Å². The maximum atomic E-state index is 9.14. The van der Waals surface area contributed by atoms with Gasteiger partial charge in [-0.15, -0.1) is 0 Å². The fourth-order valence-corrected chi connectivity index (χ4v) is 2.87. The lowest BCUT2D eigenvalue weighted by Crippen LogP contribution is -2.13. The summed E-state index contributed by atoms with van der Waals surface area (Å²) in [6.45, 7) is 3.20. The van der Waals surface area contributed by atoms with Crippen LogP contribution >= 0.6 is 11.8 Å². The Morgan fingerprint density at radius 3 is 2.63 bits per heavy atom. The van der Waals surface area contributed by atoms with Crippen LogP contribution in [0.4, 0.5) is 5.69 Å². The summed E-state index contributed by atoms with van der Waals surface area (Å²) in [5.74, 6) is 1.78. The molecule has 0 bridgehead atoms. The second kappa shape index (κ2) is 6.49. The zero-order valence-corrected chi connectivity index (χ0v) is 12.1. The lowest BCUT2D eigenvalue weighted by atomic mass is 10.0. The Balaban J connectivity index is 2.27. The van der Waals surface area contributed by atoms with Crippen LogP contribution in [0.3, 0.4) is 0 Å². The number of benzene rings is 2. The van der Waals surface area contributed by atoms with E-state index in [2.05, 4.69) is 30.6 Å². The van der Waals surface area contributed by atoms with Gasteiger partial charge >= 0.3 is 0 Å². The number of nitrogens with zero attached hydrogens (tertiary/aromatic N) is 1. The maximum absolute atomic E-state index is 9.14. The van der Waals surface area contributed by atoms with Crippen molar-refractivity contribution in [1.29, 1.82) is 5.26 Å². The largest absolute Gasteiger partial charge is 0.384 e. The molecule has 2 aromatic rings. The van der Waals surface area contributed by atoms with Gasteiger partial charge in [0, 0.05) is 23.0 Å². The third-order valence-corrected chi connectivity index (χ3v) is 4.04. The van der Waals surface area contributed by atoms with Gasteiger partial charge in [-0.3, -0.25) is 0 Å². The Morgan fingerprint density at radius 1 is 1.21 bits per heavy atom.